The lowest BCUT2D eigenvalue weighted by Crippen LogP contribution is -2.37. The van der Waals surface area contributed by atoms with Crippen LogP contribution in [0.15, 0.2) is 53.4 Å². The Labute approximate surface area is 148 Å². The molecule has 0 aliphatic carbocycles. The van der Waals surface area contributed by atoms with Crippen LogP contribution >= 0.6 is 0 Å². The molecule has 0 aromatic heterocycles. The van der Waals surface area contributed by atoms with Crippen LogP contribution in [0.3, 0.4) is 0 Å². The van der Waals surface area contributed by atoms with Crippen molar-refractivity contribution in [1.82, 2.24) is 0 Å². The van der Waals surface area contributed by atoms with Crippen LogP contribution in [0, 0.1) is 6.92 Å². The number of methoxy groups -OCH3 is 1. The maximum Gasteiger partial charge on any atom is 0.326 e. The fourth-order valence-electron chi connectivity index (χ4n) is 2.34. The molecule has 0 fully saturated rings. The highest BCUT2D eigenvalue weighted by molar-refractivity contribution is 7.92. The van der Waals surface area contributed by atoms with Crippen LogP contribution < -0.4 is 9.04 Å². The summed E-state index contributed by atoms with van der Waals surface area (Å²) >= 11 is 0. The quantitative estimate of drug-likeness (QED) is 0.707. The number of hydrogen-bond acceptors (Lipinski definition) is 5. The maximum atomic E-state index is 13.1. The van der Waals surface area contributed by atoms with Crippen molar-refractivity contribution in [2.24, 2.45) is 0 Å². The average molecular weight is 363 g/mol. The first-order valence-corrected chi connectivity index (χ1v) is 9.22. The predicted octanol–water partition coefficient (Wildman–Crippen LogP) is 2.76. The molecule has 0 radical (unpaired) electrons. The van der Waals surface area contributed by atoms with Gasteiger partial charge in [0.1, 0.15) is 12.3 Å². The zero-order chi connectivity index (χ0) is 18.4. The topological polar surface area (TPSA) is 72.9 Å². The molecule has 0 saturated heterocycles. The molecule has 0 aliphatic rings. The first-order chi connectivity index (χ1) is 11.9. The molecule has 0 aliphatic heterocycles. The van der Waals surface area contributed by atoms with Gasteiger partial charge in [-0.3, -0.25) is 9.10 Å². The zero-order valence-corrected chi connectivity index (χ0v) is 15.2. The fraction of sp³-hybridized carbons (Fsp3) is 0.278. The third-order valence-electron chi connectivity index (χ3n) is 3.51. The van der Waals surface area contributed by atoms with Crippen LogP contribution in [-0.4, -0.2) is 34.6 Å². The third-order valence-corrected chi connectivity index (χ3v) is 5.29. The molecule has 2 aromatic carbocycles. The van der Waals surface area contributed by atoms with E-state index in [9.17, 15) is 13.2 Å². The number of aryl methyl sites for hydroxylation is 1. The zero-order valence-electron chi connectivity index (χ0n) is 14.4. The number of benzene rings is 2. The van der Waals surface area contributed by atoms with E-state index in [0.717, 1.165) is 9.87 Å². The molecule has 0 atom stereocenters. The second-order valence-electron chi connectivity index (χ2n) is 5.31. The molecule has 0 saturated carbocycles. The van der Waals surface area contributed by atoms with Crippen LogP contribution in [0.2, 0.25) is 0 Å². The molecular formula is C18H21NO5S. The summed E-state index contributed by atoms with van der Waals surface area (Å²) in [5, 5.41) is 0. The Morgan fingerprint density at radius 2 is 1.80 bits per heavy atom. The van der Waals surface area contributed by atoms with E-state index in [1.54, 1.807) is 43.3 Å². The van der Waals surface area contributed by atoms with Gasteiger partial charge >= 0.3 is 5.97 Å². The van der Waals surface area contributed by atoms with Crippen molar-refractivity contribution in [3.63, 3.8) is 0 Å². The lowest BCUT2D eigenvalue weighted by Gasteiger charge is -2.25. The van der Waals surface area contributed by atoms with E-state index in [0.29, 0.717) is 11.4 Å². The van der Waals surface area contributed by atoms with Crippen molar-refractivity contribution in [2.75, 3.05) is 24.6 Å². The molecule has 0 N–H and O–H groups in total. The van der Waals surface area contributed by atoms with Crippen LogP contribution in [0.5, 0.6) is 5.75 Å². The van der Waals surface area contributed by atoms with Crippen LogP contribution in [-0.2, 0) is 19.6 Å². The Morgan fingerprint density at radius 3 is 2.40 bits per heavy atom. The normalized spacial score (nSPS) is 11.0. The van der Waals surface area contributed by atoms with Gasteiger partial charge in [0.25, 0.3) is 10.0 Å². The van der Waals surface area contributed by atoms with Gasteiger partial charge < -0.3 is 9.47 Å². The van der Waals surface area contributed by atoms with Crippen molar-refractivity contribution in [2.45, 2.75) is 18.7 Å². The van der Waals surface area contributed by atoms with E-state index >= 15 is 0 Å². The van der Waals surface area contributed by atoms with Crippen molar-refractivity contribution in [3.8, 4) is 5.75 Å². The highest BCUT2D eigenvalue weighted by Crippen LogP contribution is 2.33. The number of carbonyl (C=O) groups is 1. The number of hydrogen-bond donors (Lipinski definition) is 0. The first kappa shape index (κ1) is 18.8. The van der Waals surface area contributed by atoms with E-state index in [2.05, 4.69) is 0 Å². The summed E-state index contributed by atoms with van der Waals surface area (Å²) in [6, 6.07) is 13.1. The SMILES string of the molecule is CCOC(=O)CN(c1cc(C)ccc1OC)S(=O)(=O)c1ccccc1. The Kier molecular flexibility index (Phi) is 6.03. The number of nitrogens with zero attached hydrogens (tertiary/aromatic N) is 1. The van der Waals surface area contributed by atoms with Crippen molar-refractivity contribution in [3.05, 3.63) is 54.1 Å². The second-order valence-corrected chi connectivity index (χ2v) is 7.17. The number of carbonyl (C=O) groups excluding carboxylic acids is 1. The molecule has 134 valence electrons. The molecule has 2 rings (SSSR count). The molecular weight excluding hydrogens is 342 g/mol. The number of rotatable bonds is 7. The molecule has 0 heterocycles. The summed E-state index contributed by atoms with van der Waals surface area (Å²) < 4.78 is 37.5. The number of esters is 1. The Hall–Kier alpha value is -2.54. The first-order valence-electron chi connectivity index (χ1n) is 7.78. The van der Waals surface area contributed by atoms with Crippen molar-refractivity contribution in [1.29, 1.82) is 0 Å². The average Bonchev–Trinajstić information content (AvgIpc) is 2.60. The summed E-state index contributed by atoms with van der Waals surface area (Å²) in [5.41, 5.74) is 1.13. The molecule has 2 aromatic rings. The lowest BCUT2D eigenvalue weighted by atomic mass is 10.2. The molecule has 0 amide bonds. The van der Waals surface area contributed by atoms with Gasteiger partial charge in [0.15, 0.2) is 0 Å². The molecule has 25 heavy (non-hydrogen) atoms. The molecule has 6 nitrogen and oxygen atoms in total. The molecule has 0 spiro atoms. The van der Waals surface area contributed by atoms with E-state index in [4.69, 9.17) is 9.47 Å². The number of anilines is 1. The lowest BCUT2D eigenvalue weighted by molar-refractivity contribution is -0.141. The van der Waals surface area contributed by atoms with Gasteiger partial charge in [-0.1, -0.05) is 24.3 Å². The summed E-state index contributed by atoms with van der Waals surface area (Å²) in [6.07, 6.45) is 0. The summed E-state index contributed by atoms with van der Waals surface area (Å²) in [5.74, 6) is -0.278. The van der Waals surface area contributed by atoms with Gasteiger partial charge in [-0.2, -0.15) is 0 Å². The monoisotopic (exact) mass is 363 g/mol. The highest BCUT2D eigenvalue weighted by Gasteiger charge is 2.29. The number of sulfonamides is 1. The minimum atomic E-state index is -3.96. The second kappa shape index (κ2) is 8.02. The van der Waals surface area contributed by atoms with E-state index in [1.165, 1.54) is 19.2 Å². The van der Waals surface area contributed by atoms with Crippen LogP contribution in [0.4, 0.5) is 5.69 Å². The van der Waals surface area contributed by atoms with Gasteiger partial charge in [-0.25, -0.2) is 8.42 Å². The summed E-state index contributed by atoms with van der Waals surface area (Å²) in [4.78, 5) is 12.1. The standard InChI is InChI=1S/C18H21NO5S/c1-4-24-18(20)13-19(16-12-14(2)10-11-17(16)23-3)25(21,22)15-8-6-5-7-9-15/h5-12H,4,13H2,1-3H3. The highest BCUT2D eigenvalue weighted by atomic mass is 32.2. The van der Waals surface area contributed by atoms with Gasteiger partial charge in [-0.05, 0) is 43.7 Å². The van der Waals surface area contributed by atoms with Crippen molar-refractivity contribution >= 4 is 21.7 Å². The molecule has 0 unspecified atom stereocenters. The minimum Gasteiger partial charge on any atom is -0.495 e. The molecule has 7 heteroatoms. The van der Waals surface area contributed by atoms with Gasteiger partial charge in [0, 0.05) is 0 Å². The fourth-order valence-corrected chi connectivity index (χ4v) is 3.77. The minimum absolute atomic E-state index is 0.0860. The smallest absolute Gasteiger partial charge is 0.326 e. The van der Waals surface area contributed by atoms with E-state index in [-0.39, 0.29) is 11.5 Å². The Balaban J connectivity index is 2.58. The van der Waals surface area contributed by atoms with Crippen molar-refractivity contribution < 1.29 is 22.7 Å². The van der Waals surface area contributed by atoms with E-state index < -0.39 is 22.5 Å². The van der Waals surface area contributed by atoms with Gasteiger partial charge in [-0.15, -0.1) is 0 Å². The third kappa shape index (κ3) is 4.30. The number of ether oxygens (including phenoxy) is 2. The van der Waals surface area contributed by atoms with Gasteiger partial charge in [0.2, 0.25) is 0 Å². The summed E-state index contributed by atoms with van der Waals surface area (Å²) in [7, 11) is -2.51. The van der Waals surface area contributed by atoms with Crippen LogP contribution in [0.1, 0.15) is 12.5 Å². The molecule has 0 bridgehead atoms. The Morgan fingerprint density at radius 1 is 1.12 bits per heavy atom. The van der Waals surface area contributed by atoms with E-state index in [1.807, 2.05) is 6.92 Å². The van der Waals surface area contributed by atoms with Gasteiger partial charge in [0.05, 0.1) is 24.3 Å². The predicted molar refractivity (Wildman–Crippen MR) is 95.3 cm³/mol. The largest absolute Gasteiger partial charge is 0.495 e. The maximum absolute atomic E-state index is 13.1. The summed E-state index contributed by atoms with van der Waals surface area (Å²) in [6.45, 7) is 3.23. The van der Waals surface area contributed by atoms with Crippen LogP contribution in [0.25, 0.3) is 0 Å². The Bertz CT molecular complexity index is 834.